The van der Waals surface area contributed by atoms with Gasteiger partial charge in [-0.3, -0.25) is 9.59 Å². The van der Waals surface area contributed by atoms with Gasteiger partial charge in [-0.15, -0.1) is 0 Å². The Morgan fingerprint density at radius 3 is 2.34 bits per heavy atom. The number of methoxy groups -OCH3 is 1. The smallest absolute Gasteiger partial charge is 0.416 e. The Bertz CT molecular complexity index is 953. The number of aryl methyl sites for hydroxylation is 1. The van der Waals surface area contributed by atoms with E-state index in [0.29, 0.717) is 17.4 Å². The van der Waals surface area contributed by atoms with Crippen LogP contribution >= 0.6 is 0 Å². The third-order valence-electron chi connectivity index (χ3n) is 4.55. The van der Waals surface area contributed by atoms with Gasteiger partial charge in [-0.05, 0) is 48.9 Å². The van der Waals surface area contributed by atoms with E-state index in [2.05, 4.69) is 5.32 Å². The maximum absolute atomic E-state index is 13.3. The number of hydrogen-bond acceptors (Lipinski definition) is 3. The van der Waals surface area contributed by atoms with Crippen molar-refractivity contribution in [3.63, 3.8) is 0 Å². The summed E-state index contributed by atoms with van der Waals surface area (Å²) in [6, 6.07) is 7.18. The number of hydrogen-bond donors (Lipinski definition) is 1. The number of benzene rings is 2. The molecule has 5 nitrogen and oxygen atoms in total. The molecule has 9 heteroatoms. The van der Waals surface area contributed by atoms with Crippen LogP contribution in [-0.2, 0) is 6.18 Å². The number of amides is 2. The monoisotopic (exact) mass is 410 g/mol. The Morgan fingerprint density at radius 2 is 1.79 bits per heavy atom. The molecule has 0 aromatic heterocycles. The molecule has 0 saturated carbocycles. The molecule has 2 amide bonds. The van der Waals surface area contributed by atoms with Crippen LogP contribution in [-0.4, -0.2) is 43.1 Å². The minimum absolute atomic E-state index is 0.165. The van der Waals surface area contributed by atoms with E-state index in [0.717, 1.165) is 17.0 Å². The summed E-state index contributed by atoms with van der Waals surface area (Å²) in [6.45, 7) is 1.39. The highest BCUT2D eigenvalue weighted by atomic mass is 19.4. The number of alkyl halides is 4. The lowest BCUT2D eigenvalue weighted by Crippen LogP contribution is -2.51. The van der Waals surface area contributed by atoms with Crippen molar-refractivity contribution in [3.05, 3.63) is 58.7 Å². The Kier molecular flexibility index (Phi) is 5.50. The predicted octanol–water partition coefficient (Wildman–Crippen LogP) is 4.07. The van der Waals surface area contributed by atoms with E-state index >= 15 is 0 Å². The second-order valence-electron chi connectivity index (χ2n) is 6.74. The first kappa shape index (κ1) is 20.6. The van der Waals surface area contributed by atoms with Crippen molar-refractivity contribution in [3.8, 4) is 5.75 Å². The largest absolute Gasteiger partial charge is 0.496 e. The first-order valence-corrected chi connectivity index (χ1v) is 8.70. The van der Waals surface area contributed by atoms with Crippen LogP contribution in [0.5, 0.6) is 5.75 Å². The Hall–Kier alpha value is -3.10. The number of nitrogens with one attached hydrogen (secondary N) is 1. The van der Waals surface area contributed by atoms with Crippen LogP contribution in [0.1, 0.15) is 31.8 Å². The van der Waals surface area contributed by atoms with E-state index in [-0.39, 0.29) is 29.9 Å². The first-order valence-electron chi connectivity index (χ1n) is 8.70. The fourth-order valence-corrected chi connectivity index (χ4v) is 2.98. The highest BCUT2D eigenvalue weighted by Crippen LogP contribution is 2.33. The molecule has 154 valence electrons. The van der Waals surface area contributed by atoms with Crippen molar-refractivity contribution in [2.24, 2.45) is 0 Å². The van der Waals surface area contributed by atoms with E-state index in [1.165, 1.54) is 19.2 Å². The molecule has 1 aliphatic rings. The molecule has 1 fully saturated rings. The van der Waals surface area contributed by atoms with Crippen LogP contribution in [0.2, 0.25) is 0 Å². The number of anilines is 1. The molecule has 0 bridgehead atoms. The highest BCUT2D eigenvalue weighted by molar-refractivity contribution is 6.05. The summed E-state index contributed by atoms with van der Waals surface area (Å²) >= 11 is 0. The molecule has 1 N–H and O–H groups in total. The molecule has 0 radical (unpaired) electrons. The summed E-state index contributed by atoms with van der Waals surface area (Å²) in [5, 5.41) is 2.39. The van der Waals surface area contributed by atoms with Crippen LogP contribution in [0.15, 0.2) is 36.4 Å². The summed E-state index contributed by atoms with van der Waals surface area (Å²) in [5.74, 6) is -0.795. The molecule has 3 rings (SSSR count). The van der Waals surface area contributed by atoms with Crippen LogP contribution in [0.4, 0.5) is 23.2 Å². The first-order chi connectivity index (χ1) is 13.6. The number of rotatable bonds is 4. The molecule has 0 spiro atoms. The molecule has 29 heavy (non-hydrogen) atoms. The van der Waals surface area contributed by atoms with Gasteiger partial charge in [0.05, 0.1) is 25.8 Å². The molecule has 0 unspecified atom stereocenters. The zero-order chi connectivity index (χ0) is 21.3. The fourth-order valence-electron chi connectivity index (χ4n) is 2.98. The van der Waals surface area contributed by atoms with Gasteiger partial charge < -0.3 is 15.0 Å². The summed E-state index contributed by atoms with van der Waals surface area (Å²) < 4.78 is 57.9. The standard InChI is InChI=1S/C20H18F4N2O3/c1-11-5-12(3-4-17(11)29-2)18(27)25-16-7-13(6-14(8-16)20(22,23)24)19(28)26-9-15(21)10-26/h3-8,15H,9-10H2,1-2H3,(H,25,27). The van der Waals surface area contributed by atoms with Gasteiger partial charge >= 0.3 is 6.18 Å². The molecule has 2 aromatic rings. The number of likely N-dealkylation sites (tertiary alicyclic amines) is 1. The Balaban J connectivity index is 1.89. The fraction of sp³-hybridized carbons (Fsp3) is 0.300. The van der Waals surface area contributed by atoms with Gasteiger partial charge in [0.1, 0.15) is 11.9 Å². The van der Waals surface area contributed by atoms with Crippen LogP contribution < -0.4 is 10.1 Å². The van der Waals surface area contributed by atoms with Crippen molar-refractivity contribution in [2.75, 3.05) is 25.5 Å². The number of halogens is 4. The molecule has 0 atom stereocenters. The average molecular weight is 410 g/mol. The summed E-state index contributed by atoms with van der Waals surface area (Å²) in [4.78, 5) is 25.9. The van der Waals surface area contributed by atoms with Crippen molar-refractivity contribution >= 4 is 17.5 Å². The second-order valence-corrected chi connectivity index (χ2v) is 6.74. The number of carbonyl (C=O) groups excluding carboxylic acids is 2. The zero-order valence-electron chi connectivity index (χ0n) is 15.6. The van der Waals surface area contributed by atoms with Gasteiger partial charge in [0.15, 0.2) is 0 Å². The maximum atomic E-state index is 13.3. The Morgan fingerprint density at radius 1 is 1.10 bits per heavy atom. The minimum atomic E-state index is -4.72. The van der Waals surface area contributed by atoms with E-state index in [1.54, 1.807) is 13.0 Å². The lowest BCUT2D eigenvalue weighted by atomic mass is 10.0. The van der Waals surface area contributed by atoms with Crippen molar-refractivity contribution in [2.45, 2.75) is 19.3 Å². The van der Waals surface area contributed by atoms with Gasteiger partial charge in [0.25, 0.3) is 11.8 Å². The van der Waals surface area contributed by atoms with Crippen molar-refractivity contribution in [1.82, 2.24) is 4.90 Å². The normalized spacial score (nSPS) is 14.3. The van der Waals surface area contributed by atoms with Crippen LogP contribution in [0.3, 0.4) is 0 Å². The summed E-state index contributed by atoms with van der Waals surface area (Å²) in [6.07, 6.45) is -5.90. The molecule has 1 heterocycles. The molecular formula is C20H18F4N2O3. The lowest BCUT2D eigenvalue weighted by molar-refractivity contribution is -0.137. The maximum Gasteiger partial charge on any atom is 0.416 e. The van der Waals surface area contributed by atoms with Crippen molar-refractivity contribution < 1.29 is 31.9 Å². The molecule has 1 saturated heterocycles. The van der Waals surface area contributed by atoms with E-state index in [9.17, 15) is 27.2 Å². The third kappa shape index (κ3) is 4.49. The van der Waals surface area contributed by atoms with Crippen LogP contribution in [0.25, 0.3) is 0 Å². The SMILES string of the molecule is COc1ccc(C(=O)Nc2cc(C(=O)N3CC(F)C3)cc(C(F)(F)F)c2)cc1C. The molecule has 0 aliphatic carbocycles. The summed E-state index contributed by atoms with van der Waals surface area (Å²) in [5.41, 5.74) is -0.635. The molecule has 2 aromatic carbocycles. The predicted molar refractivity (Wildman–Crippen MR) is 97.9 cm³/mol. The Labute approximate surface area is 164 Å². The third-order valence-corrected chi connectivity index (χ3v) is 4.55. The molecular weight excluding hydrogens is 392 g/mol. The van der Waals surface area contributed by atoms with E-state index in [1.807, 2.05) is 0 Å². The second kappa shape index (κ2) is 7.73. The van der Waals surface area contributed by atoms with Crippen molar-refractivity contribution in [1.29, 1.82) is 0 Å². The van der Waals surface area contributed by atoms with Gasteiger partial charge in [-0.1, -0.05) is 0 Å². The van der Waals surface area contributed by atoms with Gasteiger partial charge in [0, 0.05) is 16.8 Å². The van der Waals surface area contributed by atoms with Gasteiger partial charge in [-0.25, -0.2) is 4.39 Å². The van der Waals surface area contributed by atoms with Gasteiger partial charge in [0.2, 0.25) is 0 Å². The number of carbonyl (C=O) groups is 2. The topological polar surface area (TPSA) is 58.6 Å². The zero-order valence-corrected chi connectivity index (χ0v) is 15.6. The number of nitrogens with zero attached hydrogens (tertiary/aromatic N) is 1. The average Bonchev–Trinajstić information content (AvgIpc) is 2.63. The minimum Gasteiger partial charge on any atom is -0.496 e. The van der Waals surface area contributed by atoms with Crippen LogP contribution in [0, 0.1) is 6.92 Å². The molecule has 1 aliphatic heterocycles. The van der Waals surface area contributed by atoms with Gasteiger partial charge in [-0.2, -0.15) is 13.2 Å². The summed E-state index contributed by atoms with van der Waals surface area (Å²) in [7, 11) is 1.48. The quantitative estimate of drug-likeness (QED) is 0.774. The van der Waals surface area contributed by atoms with E-state index < -0.39 is 29.7 Å². The number of ether oxygens (including phenoxy) is 1. The lowest BCUT2D eigenvalue weighted by Gasteiger charge is -2.34. The van der Waals surface area contributed by atoms with E-state index in [4.69, 9.17) is 4.74 Å². The highest BCUT2D eigenvalue weighted by Gasteiger charge is 2.35.